The van der Waals surface area contributed by atoms with Crippen LogP contribution in [-0.4, -0.2) is 5.78 Å². The van der Waals surface area contributed by atoms with Gasteiger partial charge in [-0.2, -0.15) is 0 Å². The second-order valence-electron chi connectivity index (χ2n) is 5.21. The van der Waals surface area contributed by atoms with E-state index in [9.17, 15) is 4.79 Å². The first-order valence-corrected chi connectivity index (χ1v) is 8.02. The van der Waals surface area contributed by atoms with Crippen LogP contribution in [0, 0.1) is 0 Å². The zero-order chi connectivity index (χ0) is 16.2. The highest BCUT2D eigenvalue weighted by Gasteiger charge is 2.27. The van der Waals surface area contributed by atoms with Crippen molar-refractivity contribution in [1.82, 2.24) is 0 Å². The lowest BCUT2D eigenvalue weighted by Gasteiger charge is -2.19. The maximum Gasteiger partial charge on any atom is 0.174 e. The summed E-state index contributed by atoms with van der Waals surface area (Å²) in [5, 5.41) is 1.11. The van der Waals surface area contributed by atoms with Gasteiger partial charge in [-0.3, -0.25) is 4.79 Å². The summed E-state index contributed by atoms with van der Waals surface area (Å²) in [5.74, 6) is -0.549. The highest BCUT2D eigenvalue weighted by molar-refractivity contribution is 6.33. The van der Waals surface area contributed by atoms with E-state index in [-0.39, 0.29) is 5.78 Å². The van der Waals surface area contributed by atoms with E-state index in [0.29, 0.717) is 15.6 Å². The maximum atomic E-state index is 13.1. The van der Waals surface area contributed by atoms with Crippen LogP contribution < -0.4 is 0 Å². The lowest BCUT2D eigenvalue weighted by atomic mass is 9.85. The van der Waals surface area contributed by atoms with Crippen molar-refractivity contribution in [1.29, 1.82) is 0 Å². The van der Waals surface area contributed by atoms with Gasteiger partial charge in [-0.15, -0.1) is 0 Å². The van der Waals surface area contributed by atoms with Gasteiger partial charge in [-0.05, 0) is 23.3 Å². The molecule has 0 unspecified atom stereocenters. The minimum atomic E-state index is -0.528. The van der Waals surface area contributed by atoms with Crippen molar-refractivity contribution >= 4 is 29.0 Å². The van der Waals surface area contributed by atoms with Crippen molar-refractivity contribution in [2.45, 2.75) is 5.92 Å². The molecule has 0 aliphatic heterocycles. The van der Waals surface area contributed by atoms with Crippen molar-refractivity contribution in [2.75, 3.05) is 0 Å². The molecule has 3 heteroatoms. The van der Waals surface area contributed by atoms with E-state index in [1.165, 1.54) is 0 Å². The normalized spacial score (nSPS) is 10.7. The van der Waals surface area contributed by atoms with Crippen LogP contribution in [0.25, 0.3) is 0 Å². The smallest absolute Gasteiger partial charge is 0.174 e. The molecule has 0 bridgehead atoms. The van der Waals surface area contributed by atoms with Gasteiger partial charge in [0.05, 0.1) is 5.92 Å². The fourth-order valence-electron chi connectivity index (χ4n) is 2.64. The summed E-state index contributed by atoms with van der Waals surface area (Å²) in [6.07, 6.45) is 0. The van der Waals surface area contributed by atoms with Gasteiger partial charge in [0.25, 0.3) is 0 Å². The largest absolute Gasteiger partial charge is 0.293 e. The van der Waals surface area contributed by atoms with Gasteiger partial charge in [0.2, 0.25) is 0 Å². The summed E-state index contributed by atoms with van der Waals surface area (Å²) >= 11 is 12.7. The first-order chi connectivity index (χ1) is 11.2. The predicted octanol–water partition coefficient (Wildman–Crippen LogP) is 6.01. The Hall–Kier alpha value is -2.09. The molecule has 114 valence electrons. The molecule has 0 aromatic heterocycles. The summed E-state index contributed by atoms with van der Waals surface area (Å²) in [7, 11) is 0. The SMILES string of the molecule is O=C(c1ccccc1)C(c1ccccc1Cl)c1ccccc1Cl. The topological polar surface area (TPSA) is 17.1 Å². The fourth-order valence-corrected chi connectivity index (χ4v) is 3.13. The van der Waals surface area contributed by atoms with Crippen LogP contribution in [0.5, 0.6) is 0 Å². The number of carbonyl (C=O) groups excluding carboxylic acids is 1. The summed E-state index contributed by atoms with van der Waals surface area (Å²) < 4.78 is 0. The molecule has 0 N–H and O–H groups in total. The average Bonchev–Trinajstić information content (AvgIpc) is 2.59. The van der Waals surface area contributed by atoms with Crippen molar-refractivity contribution in [3.63, 3.8) is 0 Å². The molecule has 0 saturated heterocycles. The fraction of sp³-hybridized carbons (Fsp3) is 0.0500. The van der Waals surface area contributed by atoms with E-state index in [0.717, 1.165) is 11.1 Å². The van der Waals surface area contributed by atoms with E-state index in [1.807, 2.05) is 66.7 Å². The number of benzene rings is 3. The number of rotatable bonds is 4. The van der Waals surface area contributed by atoms with Crippen LogP contribution in [0.1, 0.15) is 27.4 Å². The number of halogens is 2. The second kappa shape index (κ2) is 6.99. The molecular weight excluding hydrogens is 327 g/mol. The van der Waals surface area contributed by atoms with E-state index in [2.05, 4.69) is 0 Å². The molecule has 0 amide bonds. The van der Waals surface area contributed by atoms with Gasteiger partial charge < -0.3 is 0 Å². The third-order valence-corrected chi connectivity index (χ3v) is 4.44. The van der Waals surface area contributed by atoms with E-state index >= 15 is 0 Å². The Kier molecular flexibility index (Phi) is 4.80. The molecule has 3 rings (SSSR count). The number of ketones is 1. The monoisotopic (exact) mass is 340 g/mol. The van der Waals surface area contributed by atoms with Crippen LogP contribution in [0.2, 0.25) is 10.0 Å². The molecule has 0 radical (unpaired) electrons. The Morgan fingerprint density at radius 3 is 1.57 bits per heavy atom. The van der Waals surface area contributed by atoms with Crippen LogP contribution in [0.15, 0.2) is 78.9 Å². The molecule has 0 heterocycles. The Labute approximate surface area is 145 Å². The summed E-state index contributed by atoms with van der Waals surface area (Å²) in [5.41, 5.74) is 2.16. The lowest BCUT2D eigenvalue weighted by Crippen LogP contribution is -2.15. The standard InChI is InChI=1S/C20H14Cl2O/c21-17-12-6-4-10-15(17)19(16-11-5-7-13-18(16)22)20(23)14-8-2-1-3-9-14/h1-13,19H. The molecule has 0 spiro atoms. The van der Waals surface area contributed by atoms with Gasteiger partial charge in [0.15, 0.2) is 5.78 Å². The molecule has 0 saturated carbocycles. The van der Waals surface area contributed by atoms with Crippen LogP contribution in [0.3, 0.4) is 0 Å². The van der Waals surface area contributed by atoms with Gasteiger partial charge in [0, 0.05) is 15.6 Å². The Bertz CT molecular complexity index is 782. The Balaban J connectivity index is 2.17. The molecule has 0 fully saturated rings. The average molecular weight is 341 g/mol. The van der Waals surface area contributed by atoms with E-state index in [4.69, 9.17) is 23.2 Å². The van der Waals surface area contributed by atoms with Gasteiger partial charge >= 0.3 is 0 Å². The predicted molar refractivity (Wildman–Crippen MR) is 95.5 cm³/mol. The quantitative estimate of drug-likeness (QED) is 0.531. The zero-order valence-electron chi connectivity index (χ0n) is 12.2. The maximum absolute atomic E-state index is 13.1. The molecular formula is C20H14Cl2O. The minimum absolute atomic E-state index is 0.0215. The molecule has 1 nitrogen and oxygen atoms in total. The number of hydrogen-bond acceptors (Lipinski definition) is 1. The summed E-state index contributed by atoms with van der Waals surface area (Å²) in [4.78, 5) is 13.1. The molecule has 0 atom stereocenters. The number of carbonyl (C=O) groups is 1. The number of Topliss-reactive ketones (excluding diaryl/α,β-unsaturated/α-hetero) is 1. The minimum Gasteiger partial charge on any atom is -0.293 e. The molecule has 0 aliphatic carbocycles. The molecule has 3 aromatic carbocycles. The third-order valence-electron chi connectivity index (χ3n) is 3.75. The third kappa shape index (κ3) is 3.31. The van der Waals surface area contributed by atoms with Crippen molar-refractivity contribution in [3.05, 3.63) is 106 Å². The van der Waals surface area contributed by atoms with E-state index in [1.54, 1.807) is 12.1 Å². The van der Waals surface area contributed by atoms with Crippen LogP contribution in [0.4, 0.5) is 0 Å². The van der Waals surface area contributed by atoms with Crippen LogP contribution in [-0.2, 0) is 0 Å². The van der Waals surface area contributed by atoms with Crippen molar-refractivity contribution in [3.8, 4) is 0 Å². The Morgan fingerprint density at radius 1 is 0.652 bits per heavy atom. The van der Waals surface area contributed by atoms with Crippen molar-refractivity contribution in [2.24, 2.45) is 0 Å². The first-order valence-electron chi connectivity index (χ1n) is 7.26. The number of hydrogen-bond donors (Lipinski definition) is 0. The summed E-state index contributed by atoms with van der Waals surface area (Å²) in [6, 6.07) is 24.0. The highest BCUT2D eigenvalue weighted by Crippen LogP contribution is 2.36. The molecule has 3 aromatic rings. The summed E-state index contributed by atoms with van der Waals surface area (Å²) in [6.45, 7) is 0. The van der Waals surface area contributed by atoms with Crippen LogP contribution >= 0.6 is 23.2 Å². The van der Waals surface area contributed by atoms with Gasteiger partial charge in [-0.1, -0.05) is 89.9 Å². The van der Waals surface area contributed by atoms with Gasteiger partial charge in [0.1, 0.15) is 0 Å². The molecule has 0 aliphatic rings. The van der Waals surface area contributed by atoms with E-state index < -0.39 is 5.92 Å². The second-order valence-corrected chi connectivity index (χ2v) is 6.02. The van der Waals surface area contributed by atoms with Gasteiger partial charge in [-0.25, -0.2) is 0 Å². The highest BCUT2D eigenvalue weighted by atomic mass is 35.5. The lowest BCUT2D eigenvalue weighted by molar-refractivity contribution is 0.0974. The first kappa shape index (κ1) is 15.8. The zero-order valence-corrected chi connectivity index (χ0v) is 13.8. The molecule has 23 heavy (non-hydrogen) atoms. The Morgan fingerprint density at radius 2 is 1.09 bits per heavy atom. The van der Waals surface area contributed by atoms with Crippen molar-refractivity contribution < 1.29 is 4.79 Å².